The maximum absolute atomic E-state index is 13.1. The van der Waals surface area contributed by atoms with Gasteiger partial charge >= 0.3 is 6.01 Å². The van der Waals surface area contributed by atoms with Crippen LogP contribution in [0.25, 0.3) is 11.5 Å². The molecule has 174 valence electrons. The highest BCUT2D eigenvalue weighted by Crippen LogP contribution is 2.32. The predicted molar refractivity (Wildman–Crippen MR) is 128 cm³/mol. The van der Waals surface area contributed by atoms with Crippen molar-refractivity contribution < 1.29 is 17.6 Å². The Hall–Kier alpha value is -2.11. The van der Waals surface area contributed by atoms with E-state index >= 15 is 0 Å². The lowest BCUT2D eigenvalue weighted by Crippen LogP contribution is -2.41. The van der Waals surface area contributed by atoms with Gasteiger partial charge in [0.15, 0.2) is 0 Å². The van der Waals surface area contributed by atoms with E-state index in [-0.39, 0.29) is 36.8 Å². The van der Waals surface area contributed by atoms with Gasteiger partial charge in [0.1, 0.15) is 0 Å². The van der Waals surface area contributed by atoms with Crippen molar-refractivity contribution >= 4 is 56.9 Å². The topological polar surface area (TPSA) is 105 Å². The van der Waals surface area contributed by atoms with Crippen molar-refractivity contribution in [1.82, 2.24) is 14.5 Å². The Bertz CT molecular complexity index is 1270. The lowest BCUT2D eigenvalue weighted by molar-refractivity contribution is -0.121. The van der Waals surface area contributed by atoms with Gasteiger partial charge in [0.25, 0.3) is 5.89 Å². The largest absolute Gasteiger partial charge is 0.403 e. The molecule has 0 unspecified atom stereocenters. The maximum atomic E-state index is 13.1. The minimum atomic E-state index is -3.63. The molecule has 1 amide bonds. The average molecular weight is 527 g/mol. The molecule has 0 aliphatic carbocycles. The number of sulfonamides is 1. The number of halogens is 2. The number of hydrogen-bond donors (Lipinski definition) is 1. The van der Waals surface area contributed by atoms with Gasteiger partial charge in [0, 0.05) is 28.9 Å². The van der Waals surface area contributed by atoms with E-state index in [9.17, 15) is 13.2 Å². The third-order valence-corrected chi connectivity index (χ3v) is 8.77. The Morgan fingerprint density at radius 3 is 2.61 bits per heavy atom. The molecule has 0 atom stereocenters. The molecule has 1 N–H and O–H groups in total. The first kappa shape index (κ1) is 24.0. The number of carbonyl (C=O) groups excluding carboxylic acids is 1. The van der Waals surface area contributed by atoms with E-state index in [2.05, 4.69) is 15.5 Å². The van der Waals surface area contributed by atoms with Crippen LogP contribution >= 0.6 is 35.0 Å². The molecule has 1 aliphatic rings. The summed E-state index contributed by atoms with van der Waals surface area (Å²) < 4.78 is 33.1. The number of nitrogens with one attached hydrogen (secondary N) is 1. The van der Waals surface area contributed by atoms with Crippen LogP contribution in [0, 0.1) is 5.92 Å². The van der Waals surface area contributed by atoms with E-state index in [0.29, 0.717) is 38.2 Å². The summed E-state index contributed by atoms with van der Waals surface area (Å²) in [7, 11) is -3.63. The molecule has 12 heteroatoms. The van der Waals surface area contributed by atoms with Crippen LogP contribution in [-0.4, -0.2) is 48.2 Å². The van der Waals surface area contributed by atoms with Crippen molar-refractivity contribution in [3.63, 3.8) is 0 Å². The van der Waals surface area contributed by atoms with Gasteiger partial charge in [-0.05, 0) is 49.4 Å². The lowest BCUT2D eigenvalue weighted by atomic mass is 9.97. The van der Waals surface area contributed by atoms with Crippen LogP contribution in [0.4, 0.5) is 6.01 Å². The summed E-state index contributed by atoms with van der Waals surface area (Å²) in [5.41, 5.74) is 0.459. The van der Waals surface area contributed by atoms with Gasteiger partial charge in [-0.1, -0.05) is 40.4 Å². The van der Waals surface area contributed by atoms with Gasteiger partial charge in [-0.15, -0.1) is 16.9 Å². The van der Waals surface area contributed by atoms with Crippen LogP contribution in [0.15, 0.2) is 56.7 Å². The number of amides is 1. The summed E-state index contributed by atoms with van der Waals surface area (Å²) >= 11 is 13.5. The predicted octanol–water partition coefficient (Wildman–Crippen LogP) is 4.80. The summed E-state index contributed by atoms with van der Waals surface area (Å²) in [6.45, 7) is 0.493. The lowest BCUT2D eigenvalue weighted by Gasteiger charge is -2.30. The zero-order valence-corrected chi connectivity index (χ0v) is 20.6. The smallest absolute Gasteiger partial charge is 0.322 e. The highest BCUT2D eigenvalue weighted by Gasteiger charge is 2.33. The number of rotatable bonds is 6. The van der Waals surface area contributed by atoms with Crippen molar-refractivity contribution in [2.75, 3.05) is 24.7 Å². The summed E-state index contributed by atoms with van der Waals surface area (Å²) in [6, 6.07) is 11.7. The normalized spacial score (nSPS) is 15.5. The summed E-state index contributed by atoms with van der Waals surface area (Å²) in [5, 5.41) is 11.2. The molecule has 8 nitrogen and oxygen atoms in total. The molecule has 33 heavy (non-hydrogen) atoms. The third kappa shape index (κ3) is 5.20. The second-order valence-electron chi connectivity index (χ2n) is 7.36. The zero-order valence-electron chi connectivity index (χ0n) is 17.5. The molecule has 1 aliphatic heterocycles. The quantitative estimate of drug-likeness (QED) is 0.459. The van der Waals surface area contributed by atoms with Crippen LogP contribution in [0.2, 0.25) is 10.0 Å². The minimum Gasteiger partial charge on any atom is -0.403 e. The van der Waals surface area contributed by atoms with Crippen LogP contribution < -0.4 is 5.32 Å². The second-order valence-corrected chi connectivity index (χ2v) is 11.0. The number of anilines is 1. The number of benzene rings is 2. The number of nitrogens with zero attached hydrogens (tertiary/aromatic N) is 3. The highest BCUT2D eigenvalue weighted by atomic mass is 35.5. The minimum absolute atomic E-state index is 0.0602. The highest BCUT2D eigenvalue weighted by molar-refractivity contribution is 7.99. The fraction of sp³-hybridized carbons (Fsp3) is 0.286. The Morgan fingerprint density at radius 1 is 1.15 bits per heavy atom. The van der Waals surface area contributed by atoms with E-state index in [1.54, 1.807) is 36.4 Å². The fourth-order valence-electron chi connectivity index (χ4n) is 3.58. The van der Waals surface area contributed by atoms with Gasteiger partial charge in [0.2, 0.25) is 15.9 Å². The van der Waals surface area contributed by atoms with E-state index in [1.165, 1.54) is 16.1 Å². The molecule has 0 radical (unpaired) electrons. The summed E-state index contributed by atoms with van der Waals surface area (Å²) in [6.07, 6.45) is 2.61. The number of hydrogen-bond acceptors (Lipinski definition) is 7. The monoisotopic (exact) mass is 526 g/mol. The molecule has 3 aromatic rings. The molecule has 0 spiro atoms. The Labute approximate surface area is 205 Å². The molecule has 0 saturated carbocycles. The van der Waals surface area contributed by atoms with Crippen LogP contribution in [-0.2, 0) is 14.8 Å². The van der Waals surface area contributed by atoms with Gasteiger partial charge in [-0.25, -0.2) is 8.42 Å². The summed E-state index contributed by atoms with van der Waals surface area (Å²) in [4.78, 5) is 13.7. The number of piperidine rings is 1. The maximum Gasteiger partial charge on any atom is 0.322 e. The SMILES string of the molecule is CSc1ccccc1S(=O)(=O)N1CCC(C(=O)Nc2nnc(-c3cc(Cl)ccc3Cl)o2)CC1. The molecule has 4 rings (SSSR count). The molecular weight excluding hydrogens is 507 g/mol. The summed E-state index contributed by atoms with van der Waals surface area (Å²) in [5.74, 6) is -0.549. The van der Waals surface area contributed by atoms with Crippen molar-refractivity contribution in [1.29, 1.82) is 0 Å². The van der Waals surface area contributed by atoms with E-state index in [4.69, 9.17) is 27.6 Å². The zero-order chi connectivity index (χ0) is 23.6. The molecule has 1 fully saturated rings. The number of aromatic nitrogens is 2. The van der Waals surface area contributed by atoms with Crippen molar-refractivity contribution in [3.8, 4) is 11.5 Å². The third-order valence-electron chi connectivity index (χ3n) is 5.33. The Kier molecular flexibility index (Phi) is 7.30. The van der Waals surface area contributed by atoms with Crippen molar-refractivity contribution in [2.45, 2.75) is 22.6 Å². The van der Waals surface area contributed by atoms with Crippen LogP contribution in [0.3, 0.4) is 0 Å². The van der Waals surface area contributed by atoms with Crippen LogP contribution in [0.5, 0.6) is 0 Å². The molecule has 2 heterocycles. The number of carbonyl (C=O) groups is 1. The van der Waals surface area contributed by atoms with E-state index < -0.39 is 10.0 Å². The van der Waals surface area contributed by atoms with Gasteiger partial charge in [0.05, 0.1) is 15.5 Å². The van der Waals surface area contributed by atoms with Crippen molar-refractivity contribution in [3.05, 3.63) is 52.5 Å². The standard InChI is InChI=1S/C21H20Cl2N4O4S2/c1-32-17-4-2-3-5-18(17)33(29,30)27-10-8-13(9-11-27)19(28)24-21-26-25-20(31-21)15-12-14(22)6-7-16(15)23/h2-7,12-13H,8-11H2,1H3,(H,24,26,28). The average Bonchev–Trinajstić information content (AvgIpc) is 3.28. The second kappa shape index (κ2) is 10.0. The van der Waals surface area contributed by atoms with Gasteiger partial charge in [-0.2, -0.15) is 4.31 Å². The van der Waals surface area contributed by atoms with Gasteiger partial charge < -0.3 is 4.42 Å². The first-order chi connectivity index (χ1) is 15.8. The molecule has 1 aromatic heterocycles. The molecule has 0 bridgehead atoms. The first-order valence-corrected chi connectivity index (χ1v) is 13.4. The van der Waals surface area contributed by atoms with E-state index in [0.717, 1.165) is 0 Å². The molecule has 1 saturated heterocycles. The van der Waals surface area contributed by atoms with Crippen molar-refractivity contribution in [2.24, 2.45) is 5.92 Å². The Balaban J connectivity index is 1.39. The van der Waals surface area contributed by atoms with Gasteiger partial charge in [-0.3, -0.25) is 10.1 Å². The van der Waals surface area contributed by atoms with E-state index in [1.807, 2.05) is 12.3 Å². The van der Waals surface area contributed by atoms with Crippen LogP contribution in [0.1, 0.15) is 12.8 Å². The number of thioether (sulfide) groups is 1. The first-order valence-electron chi connectivity index (χ1n) is 10.0. The molecule has 2 aromatic carbocycles. The Morgan fingerprint density at radius 2 is 1.88 bits per heavy atom. The fourth-order valence-corrected chi connectivity index (χ4v) is 6.54. The molecular formula is C21H20Cl2N4O4S2.